The number of hydrogen-bond donors (Lipinski definition) is 3. The van der Waals surface area contributed by atoms with Crippen molar-refractivity contribution in [3.63, 3.8) is 0 Å². The third-order valence-corrected chi connectivity index (χ3v) is 15.3. The predicted molar refractivity (Wildman–Crippen MR) is 416 cm³/mol. The lowest BCUT2D eigenvalue weighted by Gasteiger charge is -2.12. The van der Waals surface area contributed by atoms with E-state index in [9.17, 15) is 24.0 Å². The van der Waals surface area contributed by atoms with Gasteiger partial charge >= 0.3 is 5.97 Å². The predicted octanol–water partition coefficient (Wildman–Crippen LogP) is 16.7. The van der Waals surface area contributed by atoms with Crippen LogP contribution in [0.1, 0.15) is 43.6 Å². The first-order valence-corrected chi connectivity index (χ1v) is 33.2. The molecule has 6 aromatic carbocycles. The highest BCUT2D eigenvalue weighted by Gasteiger charge is 2.17. The van der Waals surface area contributed by atoms with Crippen LogP contribution in [-0.2, 0) is 35.6 Å². The summed E-state index contributed by atoms with van der Waals surface area (Å²) >= 11 is 28.3. The zero-order valence-electron chi connectivity index (χ0n) is 57.8. The number of pyridine rings is 5. The molecule has 0 saturated carbocycles. The van der Waals surface area contributed by atoms with Crippen LogP contribution in [0.2, 0.25) is 25.8 Å². The number of amides is 1. The van der Waals surface area contributed by atoms with Gasteiger partial charge < -0.3 is 19.7 Å². The van der Waals surface area contributed by atoms with Crippen molar-refractivity contribution in [3.8, 4) is 39.7 Å². The number of aryl methyl sites for hydroxylation is 3. The Kier molecular flexibility index (Phi) is 33.6. The molecule has 0 spiro atoms. The number of hydrogen-bond acceptors (Lipinski definition) is 16. The van der Waals surface area contributed by atoms with Crippen molar-refractivity contribution < 1.29 is 38.7 Å². The molecule has 0 aliphatic heterocycles. The number of aromatic amines is 1. The molecule has 0 saturated heterocycles. The molecule has 540 valence electrons. The number of aromatic nitrogens is 11. The Morgan fingerprint density at radius 2 is 0.886 bits per heavy atom. The maximum absolute atomic E-state index is 12.0. The van der Waals surface area contributed by atoms with Crippen LogP contribution < -0.4 is 15.8 Å². The van der Waals surface area contributed by atoms with Crippen molar-refractivity contribution in [1.29, 1.82) is 0 Å². The van der Waals surface area contributed by atoms with E-state index in [0.29, 0.717) is 43.6 Å². The average molecular weight is 1540 g/mol. The summed E-state index contributed by atoms with van der Waals surface area (Å²) in [6.45, 7) is 1.51. The second kappa shape index (κ2) is 42.5. The van der Waals surface area contributed by atoms with E-state index in [0.717, 1.165) is 66.9 Å². The Labute approximate surface area is 636 Å². The summed E-state index contributed by atoms with van der Waals surface area (Å²) in [4.78, 5) is 83.9. The van der Waals surface area contributed by atoms with E-state index in [-0.39, 0.29) is 52.4 Å². The number of halogens is 6. The van der Waals surface area contributed by atoms with Gasteiger partial charge in [0.25, 0.3) is 5.91 Å². The molecule has 8 aromatic heterocycles. The number of carbonyl (C=O) groups excluding carboxylic acids is 3. The van der Waals surface area contributed by atoms with Gasteiger partial charge in [-0.05, 0) is 79.7 Å². The lowest BCUT2D eigenvalue weighted by molar-refractivity contribution is -0.119. The maximum atomic E-state index is 12.0. The first-order valence-electron chi connectivity index (χ1n) is 31.3. The number of carboxylic acid groups (broad SMARTS) is 1. The van der Waals surface area contributed by atoms with E-state index in [1.54, 1.807) is 144 Å². The fourth-order valence-corrected chi connectivity index (χ4v) is 10.2. The van der Waals surface area contributed by atoms with Gasteiger partial charge in [0, 0.05) is 91.3 Å². The lowest BCUT2D eigenvalue weighted by Crippen LogP contribution is -2.25. The molecule has 22 nitrogen and oxygen atoms in total. The standard InChI is InChI=1S/C16H15N3O2.C13H10ClN3.C13H11N3O.C12H7Cl2NO.C9H11NO2.C7H6O2.C5H3Cl2N.C2H7NO.ClH/c1-11(20)10-21-14-9-8-13-15(12-6-4-3-5-7-12)18-19(2)16(13)17-14;1-17-13-10(7-8-11(14)15-13)12(16-17)9-5-3-2-4-6-9;1-16-13-10(7-8-11(17)14-13)12(15-16)9-5-3-2-4-6-9;13-10-7-6-9(12(14)15-10)11(16)8-4-2-1-3-5-8;1-10(12-2)9(11)8-6-4-3-5-7-8;8-7(9)6-4-2-1-3-5-6;6-4-2-1-3-5(7)8-4;1-3-4-2;/h3-9H,10H2,1-2H3;2-8H,1H3;2-8H,1H3,(H,14,17);1-7H;3-7H,1-2H3;1-5H,(H,8,9);1-3H;3H,1-2H3;1H. The van der Waals surface area contributed by atoms with Gasteiger partial charge in [-0.15, -0.1) is 12.4 Å². The van der Waals surface area contributed by atoms with Gasteiger partial charge in [-0.25, -0.2) is 39.7 Å². The topological polar surface area (TPSA) is 269 Å². The summed E-state index contributed by atoms with van der Waals surface area (Å²) in [6.07, 6.45) is 0. The third kappa shape index (κ3) is 25.1. The average Bonchev–Trinajstić information content (AvgIpc) is 1.66. The van der Waals surface area contributed by atoms with Crippen molar-refractivity contribution in [2.45, 2.75) is 6.92 Å². The number of nitrogens with one attached hydrogen (secondary N) is 2. The fourth-order valence-electron chi connectivity index (χ4n) is 9.21. The quantitative estimate of drug-likeness (QED) is 0.0583. The summed E-state index contributed by atoms with van der Waals surface area (Å²) in [5.74, 6) is -0.782. The van der Waals surface area contributed by atoms with E-state index in [4.69, 9.17) is 72.7 Å². The van der Waals surface area contributed by atoms with E-state index in [1.165, 1.54) is 25.2 Å². The minimum Gasteiger partial charge on any atom is -0.478 e. The summed E-state index contributed by atoms with van der Waals surface area (Å²) in [7, 11) is 11.9. The number of rotatable bonds is 12. The van der Waals surface area contributed by atoms with E-state index >= 15 is 0 Å². The van der Waals surface area contributed by atoms with Crippen molar-refractivity contribution in [2.75, 3.05) is 34.9 Å². The minimum atomic E-state index is -0.879. The summed E-state index contributed by atoms with van der Waals surface area (Å²) in [5, 5.41) is 27.7. The first kappa shape index (κ1) is 82.9. The number of benzene rings is 6. The normalized spacial score (nSPS) is 10.1. The molecule has 0 radical (unpaired) electrons. The van der Waals surface area contributed by atoms with Crippen LogP contribution in [0.3, 0.4) is 0 Å². The van der Waals surface area contributed by atoms with Crippen LogP contribution in [0, 0.1) is 0 Å². The highest BCUT2D eigenvalue weighted by atomic mass is 35.5. The molecule has 0 unspecified atom stereocenters. The number of Topliss-reactive ketones (excluding diaryl/α,β-unsaturated/α-hetero) is 1. The molecule has 1 amide bonds. The van der Waals surface area contributed by atoms with Crippen molar-refractivity contribution in [2.24, 2.45) is 21.1 Å². The lowest BCUT2D eigenvalue weighted by atomic mass is 10.1. The molecule has 14 rings (SSSR count). The van der Waals surface area contributed by atoms with Gasteiger partial charge in [-0.1, -0.05) is 222 Å². The monoisotopic (exact) mass is 1530 g/mol. The van der Waals surface area contributed by atoms with Crippen LogP contribution in [-0.4, -0.2) is 123 Å². The van der Waals surface area contributed by atoms with Gasteiger partial charge in [0.1, 0.15) is 55.1 Å². The van der Waals surface area contributed by atoms with E-state index < -0.39 is 5.97 Å². The van der Waals surface area contributed by atoms with Crippen LogP contribution in [0.25, 0.3) is 66.9 Å². The number of carbonyl (C=O) groups is 4. The summed E-state index contributed by atoms with van der Waals surface area (Å²) < 4.78 is 10.5. The number of aromatic carboxylic acids is 1. The number of H-pyrrole nitrogens is 1. The Hall–Kier alpha value is -11.0. The first-order chi connectivity index (χ1) is 50.1. The number of ether oxygens (including phenoxy) is 1. The van der Waals surface area contributed by atoms with Gasteiger partial charge in [-0.2, -0.15) is 20.3 Å². The Morgan fingerprint density at radius 3 is 1.31 bits per heavy atom. The zero-order chi connectivity index (χ0) is 75.1. The molecule has 0 fully saturated rings. The second-order valence-electron chi connectivity index (χ2n) is 21.5. The molecule has 105 heavy (non-hydrogen) atoms. The molecule has 0 atom stereocenters. The van der Waals surface area contributed by atoms with Crippen LogP contribution in [0.5, 0.6) is 5.88 Å². The highest BCUT2D eigenvalue weighted by molar-refractivity contribution is 6.35. The molecular weight excluding hydrogens is 1460 g/mol. The largest absolute Gasteiger partial charge is 0.478 e. The van der Waals surface area contributed by atoms with E-state index in [1.807, 2.05) is 155 Å². The number of hydroxylamine groups is 3. The number of nitrogens with zero attached hydrogens (tertiary/aromatic N) is 11. The minimum absolute atomic E-state index is 0. The Balaban J connectivity index is 0.000000194. The second-order valence-corrected chi connectivity index (χ2v) is 23.4. The SMILES string of the molecule is CC(=O)COc1ccc2c(-c3ccccc3)nn(C)c2n1.CNOC.CON(C)C(=O)c1ccccc1.Cl.Clc1cccc(Cl)n1.Cn1nc(-c2ccccc2)c2ccc(=O)[nH]c21.Cn1nc(-c2ccccc2)c2ccc(Cl)nc21.O=C(O)c1ccccc1.O=C(c1ccccc1)c1ccc(Cl)nc1Cl. The Bertz CT molecular complexity index is 5120. The Morgan fingerprint density at radius 1 is 0.486 bits per heavy atom. The smallest absolute Gasteiger partial charge is 0.335 e. The molecular formula is C77H71Cl6N13O9. The van der Waals surface area contributed by atoms with Crippen molar-refractivity contribution in [1.82, 2.24) is 64.8 Å². The van der Waals surface area contributed by atoms with Crippen LogP contribution in [0.15, 0.2) is 254 Å². The zero-order valence-corrected chi connectivity index (χ0v) is 62.4. The van der Waals surface area contributed by atoms with Gasteiger partial charge in [0.05, 0.1) is 25.3 Å². The molecule has 0 aliphatic carbocycles. The van der Waals surface area contributed by atoms with Crippen molar-refractivity contribution in [3.05, 3.63) is 307 Å². The molecule has 3 N–H and O–H groups in total. The summed E-state index contributed by atoms with van der Waals surface area (Å²) in [5.41, 5.74) is 12.4. The number of carboxylic acids is 1. The summed E-state index contributed by atoms with van der Waals surface area (Å²) in [6, 6.07) is 75.1. The fraction of sp³-hybridized carbons (Fsp3) is 0.117. The van der Waals surface area contributed by atoms with Crippen molar-refractivity contribution >= 4 is 127 Å². The number of fused-ring (bicyclic) bond motifs is 3. The number of ketones is 2. The van der Waals surface area contributed by atoms with Gasteiger partial charge in [0.2, 0.25) is 11.4 Å². The van der Waals surface area contributed by atoms with Crippen LogP contribution >= 0.6 is 70.4 Å². The van der Waals surface area contributed by atoms with E-state index in [2.05, 4.69) is 50.5 Å². The third-order valence-electron chi connectivity index (χ3n) is 14.2. The highest BCUT2D eigenvalue weighted by Crippen LogP contribution is 2.30. The molecule has 8 heterocycles. The maximum Gasteiger partial charge on any atom is 0.335 e. The van der Waals surface area contributed by atoms with Crippen LogP contribution in [0.4, 0.5) is 0 Å². The van der Waals surface area contributed by atoms with Gasteiger partial charge in [0.15, 0.2) is 22.9 Å². The van der Waals surface area contributed by atoms with Gasteiger partial charge in [-0.3, -0.25) is 28.7 Å². The molecule has 0 aliphatic rings. The molecule has 28 heteroatoms. The molecule has 0 bridgehead atoms. The molecule has 14 aromatic rings.